The number of likely N-dealkylation sites (tertiary alicyclic amines) is 1. The summed E-state index contributed by atoms with van der Waals surface area (Å²) in [6.45, 7) is 2.82. The summed E-state index contributed by atoms with van der Waals surface area (Å²) in [4.78, 5) is 13.9. The molecule has 2 rings (SSSR count). The molecule has 0 aliphatic carbocycles. The van der Waals surface area contributed by atoms with Gasteiger partial charge in [0.25, 0.3) is 5.91 Å². The molecule has 1 N–H and O–H groups in total. The van der Waals surface area contributed by atoms with Crippen molar-refractivity contribution in [3.05, 3.63) is 29.8 Å². The highest BCUT2D eigenvalue weighted by molar-refractivity contribution is 5.81. The predicted octanol–water partition coefficient (Wildman–Crippen LogP) is 1.31. The van der Waals surface area contributed by atoms with Gasteiger partial charge >= 0.3 is 0 Å². The zero-order chi connectivity index (χ0) is 14.5. The number of carbonyl (C=O) groups is 1. The molecule has 1 saturated heterocycles. The van der Waals surface area contributed by atoms with Crippen LogP contribution in [0.2, 0.25) is 0 Å². The first-order chi connectivity index (χ1) is 9.60. The molecule has 1 aromatic carbocycles. The Balaban J connectivity index is 1.95. The number of aliphatic hydroxyl groups excluding tert-OH is 1. The van der Waals surface area contributed by atoms with E-state index < -0.39 is 6.10 Å². The van der Waals surface area contributed by atoms with Gasteiger partial charge in [-0.2, -0.15) is 5.26 Å². The van der Waals surface area contributed by atoms with Gasteiger partial charge in [-0.3, -0.25) is 4.79 Å². The number of amides is 1. The lowest BCUT2D eigenvalue weighted by Gasteiger charge is -2.31. The monoisotopic (exact) mass is 274 g/mol. The number of piperidine rings is 1. The molecule has 0 spiro atoms. The average molecular weight is 274 g/mol. The Hall–Kier alpha value is -2.06. The Morgan fingerprint density at radius 1 is 1.50 bits per heavy atom. The maximum absolute atomic E-state index is 12.2. The van der Waals surface area contributed by atoms with Crippen molar-refractivity contribution in [3.63, 3.8) is 0 Å². The lowest BCUT2D eigenvalue weighted by molar-refractivity contribution is -0.139. The molecule has 5 nitrogen and oxygen atoms in total. The van der Waals surface area contributed by atoms with Crippen LogP contribution in [-0.4, -0.2) is 41.2 Å². The minimum Gasteiger partial charge on any atom is -0.481 e. The molecule has 1 aliphatic rings. The molecule has 1 heterocycles. The van der Waals surface area contributed by atoms with E-state index in [2.05, 4.69) is 0 Å². The van der Waals surface area contributed by atoms with Crippen LogP contribution in [0.15, 0.2) is 24.3 Å². The van der Waals surface area contributed by atoms with Crippen LogP contribution in [0.1, 0.15) is 25.3 Å². The van der Waals surface area contributed by atoms with Crippen LogP contribution >= 0.6 is 0 Å². The van der Waals surface area contributed by atoms with Crippen LogP contribution in [0.25, 0.3) is 0 Å². The normalized spacial score (nSPS) is 17.4. The first-order valence-electron chi connectivity index (χ1n) is 6.74. The van der Waals surface area contributed by atoms with Crippen molar-refractivity contribution >= 4 is 5.91 Å². The lowest BCUT2D eigenvalue weighted by Crippen LogP contribution is -2.45. The number of benzene rings is 1. The maximum Gasteiger partial charge on any atom is 0.263 e. The summed E-state index contributed by atoms with van der Waals surface area (Å²) in [6, 6.07) is 8.79. The zero-order valence-corrected chi connectivity index (χ0v) is 11.5. The Morgan fingerprint density at radius 2 is 2.20 bits per heavy atom. The van der Waals surface area contributed by atoms with E-state index in [4.69, 9.17) is 10.00 Å². The van der Waals surface area contributed by atoms with Crippen LogP contribution in [-0.2, 0) is 4.79 Å². The largest absolute Gasteiger partial charge is 0.481 e. The third-order valence-electron chi connectivity index (χ3n) is 3.40. The lowest BCUT2D eigenvalue weighted by atomic mass is 10.1. The van der Waals surface area contributed by atoms with E-state index >= 15 is 0 Å². The molecule has 1 fully saturated rings. The standard InChI is InChI=1S/C15H18N2O3/c1-11(15(19)17-7-5-13(18)6-8-17)20-14-4-2-3-12(9-14)10-16/h2-4,9,11,13,18H,5-8H2,1H3. The second-order valence-electron chi connectivity index (χ2n) is 4.96. The van der Waals surface area contributed by atoms with Gasteiger partial charge < -0.3 is 14.7 Å². The van der Waals surface area contributed by atoms with Crippen LogP contribution in [0, 0.1) is 11.3 Å². The number of nitrogens with zero attached hydrogens (tertiary/aromatic N) is 2. The fourth-order valence-electron chi connectivity index (χ4n) is 2.24. The molecule has 1 atom stereocenters. The molecule has 0 bridgehead atoms. The number of rotatable bonds is 3. The van der Waals surface area contributed by atoms with Gasteiger partial charge in [0.2, 0.25) is 0 Å². The van der Waals surface area contributed by atoms with Gasteiger partial charge in [0.05, 0.1) is 17.7 Å². The van der Waals surface area contributed by atoms with Crippen LogP contribution < -0.4 is 4.74 Å². The molecule has 1 unspecified atom stereocenters. The number of hydrogen-bond donors (Lipinski definition) is 1. The summed E-state index contributed by atoms with van der Waals surface area (Å²) in [5, 5.41) is 18.3. The minimum atomic E-state index is -0.598. The molecule has 1 aromatic rings. The highest BCUT2D eigenvalue weighted by Gasteiger charge is 2.26. The molecular weight excluding hydrogens is 256 g/mol. The van der Waals surface area contributed by atoms with Crippen molar-refractivity contribution in [3.8, 4) is 11.8 Å². The number of aliphatic hydroxyl groups is 1. The molecule has 20 heavy (non-hydrogen) atoms. The van der Waals surface area contributed by atoms with Crippen LogP contribution in [0.4, 0.5) is 0 Å². The second-order valence-corrected chi connectivity index (χ2v) is 4.96. The first kappa shape index (κ1) is 14.4. The van der Waals surface area contributed by atoms with Crippen molar-refractivity contribution in [2.24, 2.45) is 0 Å². The Morgan fingerprint density at radius 3 is 2.85 bits per heavy atom. The molecule has 106 valence electrons. The Kier molecular flexibility index (Phi) is 4.59. The van der Waals surface area contributed by atoms with Crippen molar-refractivity contribution in [1.82, 2.24) is 4.90 Å². The van der Waals surface area contributed by atoms with E-state index in [1.165, 1.54) is 0 Å². The van der Waals surface area contributed by atoms with Gasteiger partial charge in [-0.25, -0.2) is 0 Å². The van der Waals surface area contributed by atoms with Crippen molar-refractivity contribution < 1.29 is 14.6 Å². The summed E-state index contributed by atoms with van der Waals surface area (Å²) in [7, 11) is 0. The van der Waals surface area contributed by atoms with Crippen LogP contribution in [0.5, 0.6) is 5.75 Å². The zero-order valence-electron chi connectivity index (χ0n) is 11.5. The second kappa shape index (κ2) is 6.40. The molecule has 0 aromatic heterocycles. The highest BCUT2D eigenvalue weighted by Crippen LogP contribution is 2.17. The third kappa shape index (κ3) is 3.49. The van der Waals surface area contributed by atoms with Crippen molar-refractivity contribution in [2.45, 2.75) is 32.0 Å². The Bertz CT molecular complexity index is 516. The molecule has 0 radical (unpaired) electrons. The average Bonchev–Trinajstić information content (AvgIpc) is 2.47. The number of ether oxygens (including phenoxy) is 1. The summed E-state index contributed by atoms with van der Waals surface area (Å²) >= 11 is 0. The van der Waals surface area contributed by atoms with Crippen molar-refractivity contribution in [1.29, 1.82) is 5.26 Å². The van der Waals surface area contributed by atoms with Crippen molar-refractivity contribution in [2.75, 3.05) is 13.1 Å². The van der Waals surface area contributed by atoms with E-state index in [-0.39, 0.29) is 12.0 Å². The summed E-state index contributed by atoms with van der Waals surface area (Å²) < 4.78 is 5.59. The highest BCUT2D eigenvalue weighted by atomic mass is 16.5. The Labute approximate surface area is 118 Å². The SMILES string of the molecule is CC(Oc1cccc(C#N)c1)C(=O)N1CCC(O)CC1. The van der Waals surface area contributed by atoms with E-state index in [1.54, 1.807) is 36.1 Å². The van der Waals surface area contributed by atoms with Gasteiger partial charge in [0.1, 0.15) is 5.75 Å². The number of hydrogen-bond acceptors (Lipinski definition) is 4. The summed E-state index contributed by atoms with van der Waals surface area (Å²) in [6.07, 6.45) is 0.326. The van der Waals surface area contributed by atoms with E-state index in [0.717, 1.165) is 0 Å². The molecular formula is C15H18N2O3. The summed E-state index contributed by atoms with van der Waals surface area (Å²) in [5.74, 6) is 0.432. The predicted molar refractivity (Wildman–Crippen MR) is 73.1 cm³/mol. The van der Waals surface area contributed by atoms with Gasteiger partial charge in [0.15, 0.2) is 6.10 Å². The van der Waals surface area contributed by atoms with Gasteiger partial charge in [-0.05, 0) is 38.0 Å². The molecule has 1 amide bonds. The molecule has 5 heteroatoms. The topological polar surface area (TPSA) is 73.6 Å². The fraction of sp³-hybridized carbons (Fsp3) is 0.467. The third-order valence-corrected chi connectivity index (χ3v) is 3.40. The molecule has 0 saturated carbocycles. The van der Waals surface area contributed by atoms with E-state index in [1.807, 2.05) is 6.07 Å². The van der Waals surface area contributed by atoms with Gasteiger partial charge in [-0.1, -0.05) is 6.07 Å². The number of nitriles is 1. The van der Waals surface area contributed by atoms with E-state index in [0.29, 0.717) is 37.2 Å². The minimum absolute atomic E-state index is 0.0840. The number of carbonyl (C=O) groups excluding carboxylic acids is 1. The van der Waals surface area contributed by atoms with Gasteiger partial charge in [-0.15, -0.1) is 0 Å². The van der Waals surface area contributed by atoms with Crippen LogP contribution in [0.3, 0.4) is 0 Å². The molecule has 1 aliphatic heterocycles. The smallest absolute Gasteiger partial charge is 0.263 e. The fourth-order valence-corrected chi connectivity index (χ4v) is 2.24. The maximum atomic E-state index is 12.2. The van der Waals surface area contributed by atoms with Gasteiger partial charge in [0, 0.05) is 13.1 Å². The van der Waals surface area contributed by atoms with E-state index in [9.17, 15) is 9.90 Å². The quantitative estimate of drug-likeness (QED) is 0.902. The first-order valence-corrected chi connectivity index (χ1v) is 6.74. The summed E-state index contributed by atoms with van der Waals surface area (Å²) in [5.41, 5.74) is 0.503.